The molecule has 0 bridgehead atoms. The summed E-state index contributed by atoms with van der Waals surface area (Å²) < 4.78 is 6.11. The van der Waals surface area contributed by atoms with Gasteiger partial charge in [-0.3, -0.25) is 4.79 Å². The topological polar surface area (TPSA) is 38.3 Å². The first-order valence-electron chi connectivity index (χ1n) is 5.29. The van der Waals surface area contributed by atoms with Crippen LogP contribution in [0.5, 0.6) is 5.75 Å². The van der Waals surface area contributed by atoms with E-state index >= 15 is 0 Å². The van der Waals surface area contributed by atoms with E-state index < -0.39 is 0 Å². The van der Waals surface area contributed by atoms with Crippen LogP contribution in [0.15, 0.2) is 29.3 Å². The second-order valence-electron chi connectivity index (χ2n) is 3.83. The second-order valence-corrected chi connectivity index (χ2v) is 4.95. The van der Waals surface area contributed by atoms with Crippen molar-refractivity contribution in [3.63, 3.8) is 0 Å². The number of nitrogens with one attached hydrogen (secondary N) is 1. The molecule has 0 aliphatic rings. The number of carbonyl (C=O) groups is 1. The predicted molar refractivity (Wildman–Crippen MR) is 72.5 cm³/mol. The van der Waals surface area contributed by atoms with E-state index in [9.17, 15) is 4.79 Å². The lowest BCUT2D eigenvalue weighted by atomic mass is 10.1. The number of hydrogen-bond acceptors (Lipinski definition) is 2. The van der Waals surface area contributed by atoms with E-state index in [0.717, 1.165) is 10.0 Å². The van der Waals surface area contributed by atoms with Gasteiger partial charge in [-0.15, -0.1) is 0 Å². The van der Waals surface area contributed by atoms with Gasteiger partial charge in [-0.25, -0.2) is 0 Å². The van der Waals surface area contributed by atoms with Crippen molar-refractivity contribution in [2.24, 2.45) is 0 Å². The van der Waals surface area contributed by atoms with Crippen molar-refractivity contribution in [3.05, 3.63) is 40.4 Å². The third-order valence-electron chi connectivity index (χ3n) is 2.33. The summed E-state index contributed by atoms with van der Waals surface area (Å²) in [4.78, 5) is 11.4. The first kappa shape index (κ1) is 13.8. The minimum absolute atomic E-state index is 0.0166. The smallest absolute Gasteiger partial charge is 0.258 e. The maximum atomic E-state index is 11.4. The number of ether oxygens (including phenoxy) is 1. The SMILES string of the molecule is C=C(Br)CNC(=O)COc1ccc(C)c(C)c1. The highest BCUT2D eigenvalue weighted by Crippen LogP contribution is 2.16. The van der Waals surface area contributed by atoms with Gasteiger partial charge in [0.2, 0.25) is 0 Å². The van der Waals surface area contributed by atoms with Crippen LogP contribution in [-0.4, -0.2) is 19.1 Å². The summed E-state index contributed by atoms with van der Waals surface area (Å²) >= 11 is 3.17. The summed E-state index contributed by atoms with van der Waals surface area (Å²) in [5, 5.41) is 2.67. The van der Waals surface area contributed by atoms with Crippen molar-refractivity contribution in [2.45, 2.75) is 13.8 Å². The predicted octanol–water partition coefficient (Wildman–Crippen LogP) is 2.71. The molecular weight excluding hydrogens is 282 g/mol. The van der Waals surface area contributed by atoms with Crippen LogP contribution in [-0.2, 0) is 4.79 Å². The molecule has 0 heterocycles. The van der Waals surface area contributed by atoms with E-state index in [1.807, 2.05) is 32.0 Å². The van der Waals surface area contributed by atoms with Crippen LogP contribution in [0.25, 0.3) is 0 Å². The Morgan fingerprint density at radius 2 is 2.12 bits per heavy atom. The molecule has 0 saturated carbocycles. The van der Waals surface area contributed by atoms with Gasteiger partial charge in [-0.05, 0) is 37.1 Å². The second kappa shape index (κ2) is 6.45. The lowest BCUT2D eigenvalue weighted by Crippen LogP contribution is -2.29. The van der Waals surface area contributed by atoms with Gasteiger partial charge < -0.3 is 10.1 Å². The average molecular weight is 298 g/mol. The number of hydrogen-bond donors (Lipinski definition) is 1. The molecule has 3 nitrogen and oxygen atoms in total. The molecule has 0 aromatic heterocycles. The third kappa shape index (κ3) is 5.04. The van der Waals surface area contributed by atoms with Gasteiger partial charge in [-0.2, -0.15) is 0 Å². The van der Waals surface area contributed by atoms with Gasteiger partial charge in [-0.1, -0.05) is 28.6 Å². The molecule has 0 atom stereocenters. The van der Waals surface area contributed by atoms with Gasteiger partial charge in [0, 0.05) is 11.0 Å². The lowest BCUT2D eigenvalue weighted by molar-refractivity contribution is -0.122. The maximum Gasteiger partial charge on any atom is 0.258 e. The Bertz CT molecular complexity index is 429. The Morgan fingerprint density at radius 3 is 2.71 bits per heavy atom. The van der Waals surface area contributed by atoms with Crippen LogP contribution in [0.1, 0.15) is 11.1 Å². The third-order valence-corrected chi connectivity index (χ3v) is 2.61. The summed E-state index contributed by atoms with van der Waals surface area (Å²) in [5.74, 6) is 0.546. The van der Waals surface area contributed by atoms with Crippen molar-refractivity contribution in [1.29, 1.82) is 0 Å². The quantitative estimate of drug-likeness (QED) is 0.907. The Balaban J connectivity index is 2.42. The van der Waals surface area contributed by atoms with Crippen molar-refractivity contribution in [2.75, 3.05) is 13.2 Å². The number of rotatable bonds is 5. The zero-order chi connectivity index (χ0) is 12.8. The molecular formula is C13H16BrNO2. The standard InChI is InChI=1S/C13H16BrNO2/c1-9-4-5-12(6-10(9)2)17-8-13(16)15-7-11(3)14/h4-6H,3,7-8H2,1-2H3,(H,15,16). The normalized spacial score (nSPS) is 9.82. The summed E-state index contributed by atoms with van der Waals surface area (Å²) in [6, 6.07) is 5.76. The Labute approximate surface area is 110 Å². The van der Waals surface area contributed by atoms with E-state index in [-0.39, 0.29) is 12.5 Å². The first-order valence-corrected chi connectivity index (χ1v) is 6.08. The van der Waals surface area contributed by atoms with Gasteiger partial charge in [0.05, 0.1) is 0 Å². The van der Waals surface area contributed by atoms with E-state index in [2.05, 4.69) is 27.8 Å². The molecule has 1 amide bonds. The Kier molecular flexibility index (Phi) is 5.22. The van der Waals surface area contributed by atoms with Crippen LogP contribution in [0.4, 0.5) is 0 Å². The fourth-order valence-corrected chi connectivity index (χ4v) is 1.34. The van der Waals surface area contributed by atoms with E-state index in [1.54, 1.807) is 0 Å². The molecule has 1 N–H and O–H groups in total. The molecule has 1 aromatic carbocycles. The minimum atomic E-state index is -0.163. The fraction of sp³-hybridized carbons (Fsp3) is 0.308. The minimum Gasteiger partial charge on any atom is -0.484 e. The molecule has 0 spiro atoms. The van der Waals surface area contributed by atoms with Crippen LogP contribution in [0.3, 0.4) is 0 Å². The molecule has 4 heteroatoms. The van der Waals surface area contributed by atoms with Crippen LogP contribution in [0, 0.1) is 13.8 Å². The van der Waals surface area contributed by atoms with Crippen molar-refractivity contribution < 1.29 is 9.53 Å². The number of amides is 1. The lowest BCUT2D eigenvalue weighted by Gasteiger charge is -2.08. The van der Waals surface area contributed by atoms with Gasteiger partial charge in [0.25, 0.3) is 5.91 Å². The molecule has 17 heavy (non-hydrogen) atoms. The molecule has 0 radical (unpaired) electrons. The van der Waals surface area contributed by atoms with Gasteiger partial charge in [0.15, 0.2) is 6.61 Å². The fourth-order valence-electron chi connectivity index (χ4n) is 1.20. The summed E-state index contributed by atoms with van der Waals surface area (Å²) in [6.07, 6.45) is 0. The maximum absolute atomic E-state index is 11.4. The summed E-state index contributed by atoms with van der Waals surface area (Å²) in [5.41, 5.74) is 2.36. The number of carbonyl (C=O) groups excluding carboxylic acids is 1. The van der Waals surface area contributed by atoms with E-state index in [0.29, 0.717) is 12.3 Å². The highest BCUT2D eigenvalue weighted by atomic mass is 79.9. The van der Waals surface area contributed by atoms with Crippen LogP contribution in [0.2, 0.25) is 0 Å². The molecule has 1 rings (SSSR count). The molecule has 0 unspecified atom stereocenters. The number of aryl methyl sites for hydroxylation is 2. The molecule has 92 valence electrons. The monoisotopic (exact) mass is 297 g/mol. The summed E-state index contributed by atoms with van der Waals surface area (Å²) in [7, 11) is 0. The van der Waals surface area contributed by atoms with E-state index in [4.69, 9.17) is 4.74 Å². The molecule has 1 aromatic rings. The average Bonchev–Trinajstić information content (AvgIpc) is 2.28. The van der Waals surface area contributed by atoms with Crippen molar-refractivity contribution >= 4 is 21.8 Å². The highest BCUT2D eigenvalue weighted by Gasteiger charge is 2.03. The largest absolute Gasteiger partial charge is 0.484 e. The van der Waals surface area contributed by atoms with Gasteiger partial charge >= 0.3 is 0 Å². The van der Waals surface area contributed by atoms with Gasteiger partial charge in [0.1, 0.15) is 5.75 Å². The molecule has 0 saturated heterocycles. The molecule has 0 aliphatic heterocycles. The number of halogens is 1. The van der Waals surface area contributed by atoms with Crippen LogP contribution < -0.4 is 10.1 Å². The van der Waals surface area contributed by atoms with Crippen molar-refractivity contribution in [1.82, 2.24) is 5.32 Å². The number of benzene rings is 1. The molecule has 0 fully saturated rings. The highest BCUT2D eigenvalue weighted by molar-refractivity contribution is 9.11. The Hall–Kier alpha value is -1.29. The zero-order valence-electron chi connectivity index (χ0n) is 10.0. The van der Waals surface area contributed by atoms with Crippen LogP contribution >= 0.6 is 15.9 Å². The van der Waals surface area contributed by atoms with Crippen molar-refractivity contribution in [3.8, 4) is 5.75 Å². The first-order chi connectivity index (χ1) is 7.99. The zero-order valence-corrected chi connectivity index (χ0v) is 11.6. The Morgan fingerprint density at radius 1 is 1.41 bits per heavy atom. The summed E-state index contributed by atoms with van der Waals surface area (Å²) in [6.45, 7) is 8.10. The van der Waals surface area contributed by atoms with E-state index in [1.165, 1.54) is 5.56 Å². The molecule has 0 aliphatic carbocycles.